The van der Waals surface area contributed by atoms with Gasteiger partial charge in [-0.2, -0.15) is 0 Å². The normalized spacial score (nSPS) is 19.8. The second-order valence-electron chi connectivity index (χ2n) is 5.73. The van der Waals surface area contributed by atoms with E-state index in [0.717, 1.165) is 32.3 Å². The Hall–Kier alpha value is -1.55. The highest BCUT2D eigenvalue weighted by molar-refractivity contribution is 5.74. The van der Waals surface area contributed by atoms with E-state index < -0.39 is 0 Å². The average molecular weight is 290 g/mol. The minimum atomic E-state index is 0.00767. The summed E-state index contributed by atoms with van der Waals surface area (Å²) in [6.45, 7) is 3.57. The maximum absolute atomic E-state index is 12.4. The van der Waals surface area contributed by atoms with Gasteiger partial charge < -0.3 is 15.0 Å². The number of nitrogens with zero attached hydrogens (tertiary/aromatic N) is 1. The van der Waals surface area contributed by atoms with Gasteiger partial charge >= 0.3 is 6.03 Å². The van der Waals surface area contributed by atoms with Crippen molar-refractivity contribution in [2.75, 3.05) is 20.3 Å². The summed E-state index contributed by atoms with van der Waals surface area (Å²) in [5.74, 6) is 0. The number of ether oxygens (including phenoxy) is 1. The standard InChI is InChI=1S/C17H26N2O2/c1-3-16(12-14-8-5-4-6-9-14)19(2)17(20)18-15-10-7-11-21-13-15/h4-6,8-9,15-16H,3,7,10-13H2,1-2H3,(H,18,20)/t15-,16-/m0/s1. The Bertz CT molecular complexity index is 430. The Morgan fingerprint density at radius 1 is 1.43 bits per heavy atom. The number of benzene rings is 1. The summed E-state index contributed by atoms with van der Waals surface area (Å²) in [6.07, 6.45) is 3.87. The van der Waals surface area contributed by atoms with Crippen molar-refractivity contribution in [2.45, 2.75) is 44.7 Å². The molecule has 1 N–H and O–H groups in total. The van der Waals surface area contributed by atoms with E-state index in [2.05, 4.69) is 24.4 Å². The lowest BCUT2D eigenvalue weighted by molar-refractivity contribution is 0.0702. The van der Waals surface area contributed by atoms with E-state index in [4.69, 9.17) is 4.74 Å². The number of hydrogen-bond donors (Lipinski definition) is 1. The maximum atomic E-state index is 12.4. The first-order valence-corrected chi connectivity index (χ1v) is 7.85. The molecular weight excluding hydrogens is 264 g/mol. The van der Waals surface area contributed by atoms with E-state index >= 15 is 0 Å². The molecule has 0 unspecified atom stereocenters. The molecule has 0 spiro atoms. The van der Waals surface area contributed by atoms with Gasteiger partial charge in [0.05, 0.1) is 12.6 Å². The van der Waals surface area contributed by atoms with Crippen molar-refractivity contribution in [2.24, 2.45) is 0 Å². The third-order valence-electron chi connectivity index (χ3n) is 4.14. The highest BCUT2D eigenvalue weighted by Gasteiger charge is 2.22. The van der Waals surface area contributed by atoms with Crippen molar-refractivity contribution in [3.63, 3.8) is 0 Å². The van der Waals surface area contributed by atoms with Gasteiger partial charge in [0.2, 0.25) is 0 Å². The third-order valence-corrected chi connectivity index (χ3v) is 4.14. The van der Waals surface area contributed by atoms with Crippen molar-refractivity contribution in [1.82, 2.24) is 10.2 Å². The first-order valence-electron chi connectivity index (χ1n) is 7.85. The Morgan fingerprint density at radius 3 is 2.81 bits per heavy atom. The molecule has 4 nitrogen and oxygen atoms in total. The van der Waals surface area contributed by atoms with E-state index in [1.54, 1.807) is 0 Å². The number of nitrogens with one attached hydrogen (secondary N) is 1. The van der Waals surface area contributed by atoms with Gasteiger partial charge in [-0.3, -0.25) is 0 Å². The van der Waals surface area contributed by atoms with Crippen LogP contribution in [0.25, 0.3) is 0 Å². The lowest BCUT2D eigenvalue weighted by atomic mass is 10.0. The Kier molecular flexibility index (Phi) is 6.05. The fourth-order valence-corrected chi connectivity index (χ4v) is 2.74. The number of rotatable bonds is 5. The number of likely N-dealkylation sites (N-methyl/N-ethyl adjacent to an activating group) is 1. The lowest BCUT2D eigenvalue weighted by Crippen LogP contribution is -2.49. The molecule has 1 aromatic carbocycles. The van der Waals surface area contributed by atoms with Gasteiger partial charge in [0.25, 0.3) is 0 Å². The number of carbonyl (C=O) groups excluding carboxylic acids is 1. The van der Waals surface area contributed by atoms with Crippen molar-refractivity contribution in [3.8, 4) is 0 Å². The van der Waals surface area contributed by atoms with E-state index in [-0.39, 0.29) is 18.1 Å². The largest absolute Gasteiger partial charge is 0.379 e. The predicted octanol–water partition coefficient (Wildman–Crippen LogP) is 2.83. The molecule has 21 heavy (non-hydrogen) atoms. The van der Waals surface area contributed by atoms with Gasteiger partial charge in [-0.25, -0.2) is 4.79 Å². The maximum Gasteiger partial charge on any atom is 0.317 e. The molecule has 0 bridgehead atoms. The van der Waals surface area contributed by atoms with Crippen LogP contribution in [0.2, 0.25) is 0 Å². The van der Waals surface area contributed by atoms with Gasteiger partial charge in [0, 0.05) is 19.7 Å². The summed E-state index contributed by atoms with van der Waals surface area (Å²) >= 11 is 0. The second kappa shape index (κ2) is 8.03. The zero-order valence-electron chi connectivity index (χ0n) is 13.0. The molecule has 1 saturated heterocycles. The van der Waals surface area contributed by atoms with Gasteiger partial charge in [-0.05, 0) is 31.2 Å². The summed E-state index contributed by atoms with van der Waals surface area (Å²) in [7, 11) is 1.89. The molecule has 0 aromatic heterocycles. The molecule has 2 amide bonds. The van der Waals surface area contributed by atoms with Crippen LogP contribution >= 0.6 is 0 Å². The first-order chi connectivity index (χ1) is 10.2. The van der Waals surface area contributed by atoms with Crippen LogP contribution in [0.15, 0.2) is 30.3 Å². The van der Waals surface area contributed by atoms with E-state index in [1.165, 1.54) is 5.56 Å². The average Bonchev–Trinajstić information content (AvgIpc) is 2.54. The highest BCUT2D eigenvalue weighted by Crippen LogP contribution is 2.12. The van der Waals surface area contributed by atoms with Crippen molar-refractivity contribution in [1.29, 1.82) is 0 Å². The summed E-state index contributed by atoms with van der Waals surface area (Å²) in [6, 6.07) is 10.7. The molecule has 2 rings (SSSR count). The monoisotopic (exact) mass is 290 g/mol. The van der Waals surface area contributed by atoms with Crippen LogP contribution < -0.4 is 5.32 Å². The molecule has 4 heteroatoms. The molecule has 1 heterocycles. The van der Waals surface area contributed by atoms with Gasteiger partial charge in [-0.15, -0.1) is 0 Å². The molecule has 1 fully saturated rings. The number of amides is 2. The molecule has 0 radical (unpaired) electrons. The molecule has 2 atom stereocenters. The smallest absolute Gasteiger partial charge is 0.317 e. The molecule has 0 saturated carbocycles. The molecule has 1 aromatic rings. The van der Waals surface area contributed by atoms with Crippen molar-refractivity contribution >= 4 is 6.03 Å². The van der Waals surface area contributed by atoms with Crippen LogP contribution in [0.1, 0.15) is 31.7 Å². The molecule has 116 valence electrons. The van der Waals surface area contributed by atoms with Crippen LogP contribution in [-0.4, -0.2) is 43.3 Å². The quantitative estimate of drug-likeness (QED) is 0.906. The number of urea groups is 1. The summed E-state index contributed by atoms with van der Waals surface area (Å²) in [5, 5.41) is 3.08. The van der Waals surface area contributed by atoms with E-state index in [1.807, 2.05) is 30.1 Å². The SMILES string of the molecule is CC[C@@H](Cc1ccccc1)N(C)C(=O)N[C@H]1CCCOC1. The van der Waals surface area contributed by atoms with E-state index in [0.29, 0.717) is 6.61 Å². The topological polar surface area (TPSA) is 41.6 Å². The van der Waals surface area contributed by atoms with Gasteiger partial charge in [-0.1, -0.05) is 37.3 Å². The second-order valence-corrected chi connectivity index (χ2v) is 5.73. The van der Waals surface area contributed by atoms with Crippen molar-refractivity contribution < 1.29 is 9.53 Å². The third kappa shape index (κ3) is 4.74. The number of hydrogen-bond acceptors (Lipinski definition) is 2. The summed E-state index contributed by atoms with van der Waals surface area (Å²) in [4.78, 5) is 14.2. The Morgan fingerprint density at radius 2 is 2.19 bits per heavy atom. The molecule has 1 aliphatic rings. The molecule has 1 aliphatic heterocycles. The van der Waals surface area contributed by atoms with Crippen LogP contribution in [0, 0.1) is 0 Å². The fraction of sp³-hybridized carbons (Fsp3) is 0.588. The number of carbonyl (C=O) groups is 1. The molecule has 0 aliphatic carbocycles. The van der Waals surface area contributed by atoms with Crippen LogP contribution in [0.5, 0.6) is 0 Å². The fourth-order valence-electron chi connectivity index (χ4n) is 2.74. The summed E-state index contributed by atoms with van der Waals surface area (Å²) in [5.41, 5.74) is 1.27. The van der Waals surface area contributed by atoms with Crippen LogP contribution in [0.3, 0.4) is 0 Å². The van der Waals surface area contributed by atoms with Crippen molar-refractivity contribution in [3.05, 3.63) is 35.9 Å². The van der Waals surface area contributed by atoms with Gasteiger partial charge in [0.1, 0.15) is 0 Å². The van der Waals surface area contributed by atoms with Crippen LogP contribution in [0.4, 0.5) is 4.79 Å². The van der Waals surface area contributed by atoms with E-state index in [9.17, 15) is 4.79 Å². The lowest BCUT2D eigenvalue weighted by Gasteiger charge is -2.31. The Balaban J connectivity index is 1.89. The zero-order chi connectivity index (χ0) is 15.1. The minimum absolute atomic E-state index is 0.00767. The molecular formula is C17H26N2O2. The Labute approximate surface area is 127 Å². The van der Waals surface area contributed by atoms with Crippen LogP contribution in [-0.2, 0) is 11.2 Å². The minimum Gasteiger partial charge on any atom is -0.379 e. The zero-order valence-corrected chi connectivity index (χ0v) is 13.0. The first kappa shape index (κ1) is 15.8. The van der Waals surface area contributed by atoms with Gasteiger partial charge in [0.15, 0.2) is 0 Å². The summed E-state index contributed by atoms with van der Waals surface area (Å²) < 4.78 is 5.41. The predicted molar refractivity (Wildman–Crippen MR) is 84.4 cm³/mol. The highest BCUT2D eigenvalue weighted by atomic mass is 16.5.